The lowest BCUT2D eigenvalue weighted by atomic mass is 9.86. The minimum absolute atomic E-state index is 0.0209. The molecule has 1 aromatic carbocycles. The van der Waals surface area contributed by atoms with Gasteiger partial charge in [-0.05, 0) is 48.4 Å². The summed E-state index contributed by atoms with van der Waals surface area (Å²) in [6.07, 6.45) is 5.57. The molecule has 7 nitrogen and oxygen atoms in total. The van der Waals surface area contributed by atoms with Crippen molar-refractivity contribution in [1.29, 1.82) is 0 Å². The Kier molecular flexibility index (Phi) is 7.58. The molecule has 0 bridgehead atoms. The van der Waals surface area contributed by atoms with Gasteiger partial charge in [-0.1, -0.05) is 19.8 Å². The Morgan fingerprint density at radius 3 is 2.47 bits per heavy atom. The Bertz CT molecular complexity index is 766. The first-order chi connectivity index (χ1) is 14.5. The fourth-order valence-corrected chi connectivity index (χ4v) is 4.72. The predicted octanol–water partition coefficient (Wildman–Crippen LogP) is 2.86. The van der Waals surface area contributed by atoms with Gasteiger partial charge < -0.3 is 19.5 Å². The number of benzene rings is 1. The lowest BCUT2D eigenvalue weighted by molar-refractivity contribution is -0.142. The molecule has 2 aliphatic rings. The van der Waals surface area contributed by atoms with E-state index >= 15 is 0 Å². The van der Waals surface area contributed by atoms with Crippen molar-refractivity contribution in [3.8, 4) is 11.5 Å². The van der Waals surface area contributed by atoms with Crippen LogP contribution in [0.25, 0.3) is 0 Å². The van der Waals surface area contributed by atoms with Gasteiger partial charge in [0.25, 0.3) is 0 Å². The molecule has 7 heteroatoms. The third-order valence-electron chi connectivity index (χ3n) is 6.51. The summed E-state index contributed by atoms with van der Waals surface area (Å²) in [4.78, 5) is 27.1. The maximum Gasteiger partial charge on any atom is 0.307 e. The predicted molar refractivity (Wildman–Crippen MR) is 114 cm³/mol. The van der Waals surface area contributed by atoms with E-state index in [0.29, 0.717) is 24.0 Å². The Morgan fingerprint density at radius 2 is 1.80 bits per heavy atom. The zero-order valence-corrected chi connectivity index (χ0v) is 18.5. The number of ether oxygens (including phenoxy) is 3. The number of nitrogens with zero attached hydrogens (tertiary/aromatic N) is 1. The number of nitrogens with one attached hydrogen (secondary N) is 1. The van der Waals surface area contributed by atoms with Crippen LogP contribution in [-0.4, -0.2) is 57.2 Å². The topological polar surface area (TPSA) is 77.1 Å². The van der Waals surface area contributed by atoms with Gasteiger partial charge in [-0.3, -0.25) is 14.5 Å². The highest BCUT2D eigenvalue weighted by molar-refractivity contribution is 5.79. The van der Waals surface area contributed by atoms with Crippen LogP contribution in [-0.2, 0) is 20.7 Å². The summed E-state index contributed by atoms with van der Waals surface area (Å²) >= 11 is 0. The lowest BCUT2D eigenvalue weighted by Crippen LogP contribution is -2.48. The van der Waals surface area contributed by atoms with Crippen LogP contribution >= 0.6 is 0 Å². The van der Waals surface area contributed by atoms with Crippen LogP contribution in [0, 0.1) is 5.92 Å². The van der Waals surface area contributed by atoms with Crippen LogP contribution in [0.4, 0.5) is 0 Å². The van der Waals surface area contributed by atoms with Crippen molar-refractivity contribution in [3.05, 3.63) is 23.3 Å². The molecule has 3 rings (SSSR count). The van der Waals surface area contributed by atoms with Gasteiger partial charge in [0.1, 0.15) is 0 Å². The van der Waals surface area contributed by atoms with E-state index in [1.54, 1.807) is 14.2 Å². The second-order valence-electron chi connectivity index (χ2n) is 8.36. The number of esters is 1. The van der Waals surface area contributed by atoms with Gasteiger partial charge in [0.2, 0.25) is 5.91 Å². The molecule has 0 saturated heterocycles. The largest absolute Gasteiger partial charge is 0.493 e. The summed E-state index contributed by atoms with van der Waals surface area (Å²) in [7, 11) is 4.60. The van der Waals surface area contributed by atoms with Crippen molar-refractivity contribution in [2.45, 2.75) is 57.5 Å². The smallest absolute Gasteiger partial charge is 0.307 e. The van der Waals surface area contributed by atoms with E-state index < -0.39 is 0 Å². The van der Waals surface area contributed by atoms with E-state index in [-0.39, 0.29) is 36.9 Å². The number of fused-ring (bicyclic) bond motifs is 1. The van der Waals surface area contributed by atoms with Gasteiger partial charge in [0.15, 0.2) is 11.5 Å². The molecule has 1 aliphatic carbocycles. The minimum Gasteiger partial charge on any atom is -0.493 e. The highest BCUT2D eigenvalue weighted by Crippen LogP contribution is 2.39. The van der Waals surface area contributed by atoms with Gasteiger partial charge in [0, 0.05) is 18.6 Å². The SMILES string of the molecule is COC(=O)C[C@H]1c2cc(OC)c(OC)cc2CCN1CC(=O)N[C@H]1CCCC[C@@H]1C. The summed E-state index contributed by atoms with van der Waals surface area (Å²) in [5.74, 6) is 1.52. The highest BCUT2D eigenvalue weighted by Gasteiger charge is 2.33. The van der Waals surface area contributed by atoms with Gasteiger partial charge >= 0.3 is 5.97 Å². The molecular formula is C23H34N2O5. The van der Waals surface area contributed by atoms with Gasteiger partial charge in [-0.2, -0.15) is 0 Å². The van der Waals surface area contributed by atoms with E-state index in [1.807, 2.05) is 12.1 Å². The fraction of sp³-hybridized carbons (Fsp3) is 0.652. The monoisotopic (exact) mass is 418 g/mol. The number of carbonyl (C=O) groups excluding carboxylic acids is 2. The van der Waals surface area contributed by atoms with E-state index in [9.17, 15) is 9.59 Å². The Morgan fingerprint density at radius 1 is 1.10 bits per heavy atom. The number of methoxy groups -OCH3 is 3. The van der Waals surface area contributed by atoms with Crippen LogP contribution < -0.4 is 14.8 Å². The minimum atomic E-state index is -0.297. The van der Waals surface area contributed by atoms with E-state index in [2.05, 4.69) is 17.1 Å². The van der Waals surface area contributed by atoms with Crippen molar-refractivity contribution in [3.63, 3.8) is 0 Å². The maximum absolute atomic E-state index is 12.8. The molecule has 1 amide bonds. The number of rotatable bonds is 7. The molecule has 1 aromatic rings. The Hall–Kier alpha value is -2.28. The van der Waals surface area contributed by atoms with Crippen LogP contribution in [0.2, 0.25) is 0 Å². The van der Waals surface area contributed by atoms with Crippen molar-refractivity contribution >= 4 is 11.9 Å². The summed E-state index contributed by atoms with van der Waals surface area (Å²) in [6.45, 7) is 3.16. The molecule has 0 unspecified atom stereocenters. The average molecular weight is 419 g/mol. The van der Waals surface area contributed by atoms with Crippen molar-refractivity contribution in [1.82, 2.24) is 10.2 Å². The van der Waals surface area contributed by atoms with Crippen LogP contribution in [0.1, 0.15) is 56.2 Å². The Balaban J connectivity index is 1.80. The molecule has 0 aromatic heterocycles. The van der Waals surface area contributed by atoms with Crippen LogP contribution in [0.3, 0.4) is 0 Å². The second kappa shape index (κ2) is 10.2. The normalized spacial score (nSPS) is 23.9. The summed E-state index contributed by atoms with van der Waals surface area (Å²) < 4.78 is 15.8. The highest BCUT2D eigenvalue weighted by atomic mass is 16.5. The third kappa shape index (κ3) is 5.06. The van der Waals surface area contributed by atoms with Gasteiger partial charge in [-0.25, -0.2) is 0 Å². The first-order valence-electron chi connectivity index (χ1n) is 10.8. The zero-order valence-electron chi connectivity index (χ0n) is 18.5. The number of amides is 1. The first-order valence-corrected chi connectivity index (χ1v) is 10.8. The number of hydrogen-bond donors (Lipinski definition) is 1. The second-order valence-corrected chi connectivity index (χ2v) is 8.36. The molecule has 1 saturated carbocycles. The molecule has 1 N–H and O–H groups in total. The summed E-state index contributed by atoms with van der Waals surface area (Å²) in [5.41, 5.74) is 2.10. The average Bonchev–Trinajstić information content (AvgIpc) is 2.75. The Labute approximate surface area is 179 Å². The van der Waals surface area contributed by atoms with Crippen LogP contribution in [0.5, 0.6) is 11.5 Å². The van der Waals surface area contributed by atoms with Crippen molar-refractivity contribution in [2.75, 3.05) is 34.4 Å². The van der Waals surface area contributed by atoms with Gasteiger partial charge in [0.05, 0.1) is 34.3 Å². The molecule has 1 fully saturated rings. The van der Waals surface area contributed by atoms with Crippen molar-refractivity contribution in [2.24, 2.45) is 5.92 Å². The zero-order chi connectivity index (χ0) is 21.7. The third-order valence-corrected chi connectivity index (χ3v) is 6.51. The quantitative estimate of drug-likeness (QED) is 0.686. The molecule has 0 spiro atoms. The molecular weight excluding hydrogens is 384 g/mol. The number of carbonyl (C=O) groups is 2. The van der Waals surface area contributed by atoms with Gasteiger partial charge in [-0.15, -0.1) is 0 Å². The summed E-state index contributed by atoms with van der Waals surface area (Å²) in [5, 5.41) is 3.23. The maximum atomic E-state index is 12.8. The number of hydrogen-bond acceptors (Lipinski definition) is 6. The molecule has 30 heavy (non-hydrogen) atoms. The fourth-order valence-electron chi connectivity index (χ4n) is 4.72. The molecule has 1 heterocycles. The van der Waals surface area contributed by atoms with E-state index in [0.717, 1.165) is 30.4 Å². The molecule has 3 atom stereocenters. The van der Waals surface area contributed by atoms with E-state index in [1.165, 1.54) is 20.0 Å². The van der Waals surface area contributed by atoms with Crippen LogP contribution in [0.15, 0.2) is 12.1 Å². The molecule has 166 valence electrons. The lowest BCUT2D eigenvalue weighted by Gasteiger charge is -2.37. The first kappa shape index (κ1) is 22.4. The van der Waals surface area contributed by atoms with Crippen molar-refractivity contribution < 1.29 is 23.8 Å². The standard InChI is InChI=1S/C23H34N2O5/c1-15-7-5-6-8-18(15)24-22(26)14-25-10-9-16-11-20(28-2)21(29-3)12-17(16)19(25)13-23(27)30-4/h11-12,15,18-19H,5-10,13-14H2,1-4H3,(H,24,26)/t15-,18-,19-/m0/s1. The summed E-state index contributed by atoms with van der Waals surface area (Å²) in [6, 6.07) is 3.90. The molecule has 0 radical (unpaired) electrons. The molecule has 1 aliphatic heterocycles. The van der Waals surface area contributed by atoms with E-state index in [4.69, 9.17) is 14.2 Å².